The van der Waals surface area contributed by atoms with Crippen LogP contribution in [0.15, 0.2) is 114 Å². The molecule has 1 aliphatic heterocycles. The zero-order valence-electron chi connectivity index (χ0n) is 21.5. The summed E-state index contributed by atoms with van der Waals surface area (Å²) in [5, 5.41) is 0.723. The summed E-state index contributed by atoms with van der Waals surface area (Å²) in [6, 6.07) is 29.8. The molecule has 0 aliphatic carbocycles. The Bertz CT molecular complexity index is 1830. The number of esters is 1. The molecule has 0 amide bonds. The molecule has 0 saturated carbocycles. The number of ketones is 1. The van der Waals surface area contributed by atoms with E-state index in [1.165, 1.54) is 28.6 Å². The van der Waals surface area contributed by atoms with E-state index in [0.29, 0.717) is 24.1 Å². The number of aromatic nitrogens is 1. The highest BCUT2D eigenvalue weighted by Crippen LogP contribution is 2.29. The van der Waals surface area contributed by atoms with Gasteiger partial charge in [-0.1, -0.05) is 78.9 Å². The average Bonchev–Trinajstić information content (AvgIpc) is 3.44. The van der Waals surface area contributed by atoms with Crippen molar-refractivity contribution in [3.63, 3.8) is 0 Å². The Hall–Kier alpha value is -4.53. The Balaban J connectivity index is 1.28. The fourth-order valence-electron chi connectivity index (χ4n) is 5.10. The maximum Gasteiger partial charge on any atom is 0.339 e. The van der Waals surface area contributed by atoms with Gasteiger partial charge < -0.3 is 9.72 Å². The summed E-state index contributed by atoms with van der Waals surface area (Å²) in [5.74, 6) is -1.17. The third-order valence-corrected chi connectivity index (χ3v) is 9.06. The van der Waals surface area contributed by atoms with Gasteiger partial charge in [-0.3, -0.25) is 4.79 Å². The van der Waals surface area contributed by atoms with Crippen LogP contribution in [0.2, 0.25) is 0 Å². The molecule has 4 aromatic carbocycles. The second-order valence-electron chi connectivity index (χ2n) is 9.69. The van der Waals surface area contributed by atoms with E-state index in [9.17, 15) is 18.0 Å². The van der Waals surface area contributed by atoms with Gasteiger partial charge in [-0.25, -0.2) is 13.2 Å². The standard InChI is InChI=1S/C32H26N2O5S/c35-30(28-20-33-29-16-7-6-15-27(28)29)31(23-10-2-1-3-11-23)39-32(36)24-13-8-14-26(19-24)40(37,38)34-18-17-22-9-4-5-12-25(22)21-34/h1-16,19-20,31,33H,17-18,21H2/t31-/m0/s1. The van der Waals surface area contributed by atoms with E-state index in [1.54, 1.807) is 30.5 Å². The number of para-hydroxylation sites is 1. The lowest BCUT2D eigenvalue weighted by molar-refractivity contribution is 0.0280. The predicted molar refractivity (Wildman–Crippen MR) is 151 cm³/mol. The quantitative estimate of drug-likeness (QED) is 0.207. The topological polar surface area (TPSA) is 96.5 Å². The number of sulfonamides is 1. The number of Topliss-reactive ketones (excluding diaryl/α,β-unsaturated/α-hetero) is 1. The average molecular weight is 551 g/mol. The number of nitrogens with one attached hydrogen (secondary N) is 1. The molecule has 1 aromatic heterocycles. The molecule has 0 bridgehead atoms. The summed E-state index contributed by atoms with van der Waals surface area (Å²) in [7, 11) is -3.86. The molecular formula is C32H26N2O5S. The van der Waals surface area contributed by atoms with Crippen molar-refractivity contribution in [2.24, 2.45) is 0 Å². The normalized spacial score (nSPS) is 14.4. The molecule has 0 unspecified atom stereocenters. The number of fused-ring (bicyclic) bond motifs is 2. The molecule has 5 aromatic rings. The monoisotopic (exact) mass is 550 g/mol. The summed E-state index contributed by atoms with van der Waals surface area (Å²) >= 11 is 0. The molecule has 1 aliphatic rings. The zero-order valence-corrected chi connectivity index (χ0v) is 22.3. The van der Waals surface area contributed by atoms with Crippen molar-refractivity contribution in [2.75, 3.05) is 6.54 Å². The molecule has 1 atom stereocenters. The van der Waals surface area contributed by atoms with E-state index >= 15 is 0 Å². The number of aromatic amines is 1. The van der Waals surface area contributed by atoms with Crippen LogP contribution in [0.4, 0.5) is 0 Å². The Morgan fingerprint density at radius 1 is 0.825 bits per heavy atom. The fourth-order valence-corrected chi connectivity index (χ4v) is 6.57. The third kappa shape index (κ3) is 4.83. The van der Waals surface area contributed by atoms with Crippen LogP contribution in [0, 0.1) is 0 Å². The number of nitrogens with zero attached hydrogens (tertiary/aromatic N) is 1. The predicted octanol–water partition coefficient (Wildman–Crippen LogP) is 5.70. The van der Waals surface area contributed by atoms with Crippen LogP contribution >= 0.6 is 0 Å². The minimum Gasteiger partial charge on any atom is -0.445 e. The van der Waals surface area contributed by atoms with Crippen LogP contribution in [0.25, 0.3) is 10.9 Å². The maximum atomic E-state index is 13.7. The SMILES string of the molecule is O=C(O[C@H](C(=O)c1c[nH]c2ccccc12)c1ccccc1)c1cccc(S(=O)(=O)N2CCc3ccccc3C2)c1. The summed E-state index contributed by atoms with van der Waals surface area (Å²) in [4.78, 5) is 30.2. The number of ether oxygens (including phenoxy) is 1. The molecule has 1 N–H and O–H groups in total. The van der Waals surface area contributed by atoms with Crippen molar-refractivity contribution in [1.29, 1.82) is 0 Å². The van der Waals surface area contributed by atoms with Gasteiger partial charge in [-0.2, -0.15) is 4.31 Å². The number of carbonyl (C=O) groups excluding carboxylic acids is 2. The lowest BCUT2D eigenvalue weighted by atomic mass is 9.99. The van der Waals surface area contributed by atoms with E-state index in [0.717, 1.165) is 22.0 Å². The van der Waals surface area contributed by atoms with E-state index < -0.39 is 22.1 Å². The Labute approximate surface area is 232 Å². The summed E-state index contributed by atoms with van der Waals surface area (Å²) in [6.45, 7) is 0.617. The van der Waals surface area contributed by atoms with Crippen molar-refractivity contribution in [3.05, 3.63) is 137 Å². The van der Waals surface area contributed by atoms with Gasteiger partial charge in [0.25, 0.3) is 0 Å². The summed E-state index contributed by atoms with van der Waals surface area (Å²) in [5.41, 5.74) is 3.86. The first-order valence-electron chi connectivity index (χ1n) is 12.9. The minimum atomic E-state index is -3.86. The van der Waals surface area contributed by atoms with Crippen molar-refractivity contribution >= 4 is 32.7 Å². The highest BCUT2D eigenvalue weighted by atomic mass is 32.2. The highest BCUT2D eigenvalue weighted by molar-refractivity contribution is 7.89. The number of hydrogen-bond donors (Lipinski definition) is 1. The van der Waals surface area contributed by atoms with Gasteiger partial charge in [0.15, 0.2) is 6.10 Å². The van der Waals surface area contributed by atoms with Gasteiger partial charge in [-0.05, 0) is 41.8 Å². The highest BCUT2D eigenvalue weighted by Gasteiger charge is 2.31. The van der Waals surface area contributed by atoms with Crippen molar-refractivity contribution < 1.29 is 22.7 Å². The van der Waals surface area contributed by atoms with Gasteiger partial charge in [0.05, 0.1) is 10.5 Å². The minimum absolute atomic E-state index is 0.000507. The van der Waals surface area contributed by atoms with E-state index in [2.05, 4.69) is 4.98 Å². The van der Waals surface area contributed by atoms with Gasteiger partial charge in [-0.15, -0.1) is 0 Å². The molecule has 0 saturated heterocycles. The zero-order chi connectivity index (χ0) is 27.7. The molecule has 0 spiro atoms. The van der Waals surface area contributed by atoms with Gasteiger partial charge >= 0.3 is 5.97 Å². The Kier molecular flexibility index (Phi) is 6.79. The molecule has 40 heavy (non-hydrogen) atoms. The summed E-state index contributed by atoms with van der Waals surface area (Å²) < 4.78 is 34.3. The van der Waals surface area contributed by atoms with Crippen LogP contribution in [-0.4, -0.2) is 36.0 Å². The largest absolute Gasteiger partial charge is 0.445 e. The lowest BCUT2D eigenvalue weighted by Gasteiger charge is -2.28. The third-order valence-electron chi connectivity index (χ3n) is 7.22. The van der Waals surface area contributed by atoms with Crippen LogP contribution in [0.5, 0.6) is 0 Å². The number of benzene rings is 4. The fraction of sp³-hybridized carbons (Fsp3) is 0.125. The number of rotatable bonds is 7. The van der Waals surface area contributed by atoms with E-state index in [1.807, 2.05) is 54.6 Å². The molecule has 200 valence electrons. The number of hydrogen-bond acceptors (Lipinski definition) is 5. The first-order valence-corrected chi connectivity index (χ1v) is 14.4. The second kappa shape index (κ2) is 10.6. The van der Waals surface area contributed by atoms with Crippen molar-refractivity contribution in [1.82, 2.24) is 9.29 Å². The van der Waals surface area contributed by atoms with Crippen LogP contribution in [-0.2, 0) is 27.7 Å². The molecule has 6 rings (SSSR count). The number of H-pyrrole nitrogens is 1. The van der Waals surface area contributed by atoms with Crippen LogP contribution in [0.1, 0.15) is 43.5 Å². The van der Waals surface area contributed by atoms with Gasteiger partial charge in [0.1, 0.15) is 0 Å². The smallest absolute Gasteiger partial charge is 0.339 e. The van der Waals surface area contributed by atoms with Crippen molar-refractivity contribution in [3.8, 4) is 0 Å². The molecule has 2 heterocycles. The van der Waals surface area contributed by atoms with Crippen molar-refractivity contribution in [2.45, 2.75) is 24.0 Å². The first-order chi connectivity index (χ1) is 19.4. The van der Waals surface area contributed by atoms with E-state index in [4.69, 9.17) is 4.74 Å². The van der Waals surface area contributed by atoms with Crippen LogP contribution in [0.3, 0.4) is 0 Å². The second-order valence-corrected chi connectivity index (χ2v) is 11.6. The Morgan fingerprint density at radius 3 is 2.38 bits per heavy atom. The number of carbonyl (C=O) groups is 2. The molecule has 7 nitrogen and oxygen atoms in total. The first kappa shape index (κ1) is 25.7. The summed E-state index contributed by atoms with van der Waals surface area (Å²) in [6.07, 6.45) is 1.01. The van der Waals surface area contributed by atoms with E-state index in [-0.39, 0.29) is 22.8 Å². The van der Waals surface area contributed by atoms with Gasteiger partial charge in [0.2, 0.25) is 15.8 Å². The Morgan fingerprint density at radius 2 is 1.55 bits per heavy atom. The molecule has 0 fully saturated rings. The maximum absolute atomic E-state index is 13.7. The molecular weight excluding hydrogens is 524 g/mol. The molecule has 8 heteroatoms. The van der Waals surface area contributed by atoms with Gasteiger partial charge in [0, 0.05) is 41.3 Å². The van der Waals surface area contributed by atoms with Crippen LogP contribution < -0.4 is 0 Å². The molecule has 0 radical (unpaired) electrons. The lowest BCUT2D eigenvalue weighted by Crippen LogP contribution is -2.36.